The van der Waals surface area contributed by atoms with Gasteiger partial charge in [0.05, 0.1) is 6.10 Å². The van der Waals surface area contributed by atoms with Crippen LogP contribution < -0.4 is 0 Å². The topological polar surface area (TPSA) is 26.7 Å². The number of nitrogens with zero attached hydrogens (tertiary/aromatic N) is 2. The summed E-state index contributed by atoms with van der Waals surface area (Å²) in [6.07, 6.45) is 3.26. The summed E-state index contributed by atoms with van der Waals surface area (Å²) in [5.74, 6) is 0.813. The van der Waals surface area contributed by atoms with Gasteiger partial charge in [-0.2, -0.15) is 0 Å². The lowest BCUT2D eigenvalue weighted by Gasteiger charge is -2.35. The fourth-order valence-electron chi connectivity index (χ4n) is 2.45. The van der Waals surface area contributed by atoms with Crippen molar-refractivity contribution in [1.82, 2.24) is 9.80 Å². The smallest absolute Gasteiger partial charge is 0.0690 e. The largest absolute Gasteiger partial charge is 0.392 e. The van der Waals surface area contributed by atoms with Crippen LogP contribution in [-0.2, 0) is 0 Å². The highest BCUT2D eigenvalue weighted by Crippen LogP contribution is 2.18. The van der Waals surface area contributed by atoms with Crippen molar-refractivity contribution in [2.24, 2.45) is 5.92 Å². The third-order valence-corrected chi connectivity index (χ3v) is 4.05. The van der Waals surface area contributed by atoms with Crippen LogP contribution in [0.1, 0.15) is 33.1 Å². The maximum atomic E-state index is 9.82. The normalized spacial score (nSPS) is 23.6. The molecule has 0 spiro atoms. The van der Waals surface area contributed by atoms with Gasteiger partial charge in [0.15, 0.2) is 0 Å². The second-order valence-electron chi connectivity index (χ2n) is 5.40. The Balaban J connectivity index is 2.30. The summed E-state index contributed by atoms with van der Waals surface area (Å²) in [6.45, 7) is 7.76. The Hall–Kier alpha value is -0.120. The lowest BCUT2D eigenvalue weighted by atomic mass is 9.95. The monoisotopic (exact) mass is 228 g/mol. The first kappa shape index (κ1) is 13.9. The molecular formula is C13H28N2O. The maximum absolute atomic E-state index is 9.82. The SMILES string of the molecule is CCC(O)C(C)N(C)CC1CCN(C)CC1. The minimum absolute atomic E-state index is 0.184. The molecule has 0 aromatic carbocycles. The summed E-state index contributed by atoms with van der Waals surface area (Å²) < 4.78 is 0. The second kappa shape index (κ2) is 6.58. The number of aliphatic hydroxyl groups is 1. The molecule has 3 nitrogen and oxygen atoms in total. The predicted molar refractivity (Wildman–Crippen MR) is 68.6 cm³/mol. The van der Waals surface area contributed by atoms with Crippen LogP contribution in [0, 0.1) is 5.92 Å². The van der Waals surface area contributed by atoms with Gasteiger partial charge in [-0.1, -0.05) is 6.92 Å². The summed E-state index contributed by atoms with van der Waals surface area (Å²) in [6, 6.07) is 0.282. The predicted octanol–water partition coefficient (Wildman–Crippen LogP) is 1.42. The third kappa shape index (κ3) is 4.04. The van der Waals surface area contributed by atoms with Crippen molar-refractivity contribution in [2.75, 3.05) is 33.7 Å². The van der Waals surface area contributed by atoms with E-state index in [1.807, 2.05) is 6.92 Å². The van der Waals surface area contributed by atoms with Crippen molar-refractivity contribution in [1.29, 1.82) is 0 Å². The molecule has 16 heavy (non-hydrogen) atoms. The second-order valence-corrected chi connectivity index (χ2v) is 5.40. The van der Waals surface area contributed by atoms with Crippen LogP contribution in [0.25, 0.3) is 0 Å². The maximum Gasteiger partial charge on any atom is 0.0690 e. The van der Waals surface area contributed by atoms with E-state index in [4.69, 9.17) is 0 Å². The molecule has 2 unspecified atom stereocenters. The Morgan fingerprint density at radius 1 is 1.38 bits per heavy atom. The molecule has 0 aliphatic carbocycles. The quantitative estimate of drug-likeness (QED) is 0.771. The van der Waals surface area contributed by atoms with Gasteiger partial charge in [-0.05, 0) is 59.3 Å². The van der Waals surface area contributed by atoms with Gasteiger partial charge in [0, 0.05) is 12.6 Å². The number of likely N-dealkylation sites (N-methyl/N-ethyl adjacent to an activating group) is 1. The fraction of sp³-hybridized carbons (Fsp3) is 1.00. The lowest BCUT2D eigenvalue weighted by Crippen LogP contribution is -2.43. The molecule has 1 aliphatic heterocycles. The Morgan fingerprint density at radius 3 is 2.44 bits per heavy atom. The molecular weight excluding hydrogens is 200 g/mol. The highest BCUT2D eigenvalue weighted by Gasteiger charge is 2.22. The summed E-state index contributed by atoms with van der Waals surface area (Å²) in [5.41, 5.74) is 0. The first-order valence-electron chi connectivity index (χ1n) is 6.61. The van der Waals surface area contributed by atoms with Crippen LogP contribution in [0.4, 0.5) is 0 Å². The summed E-state index contributed by atoms with van der Waals surface area (Å²) in [4.78, 5) is 4.73. The minimum atomic E-state index is -0.184. The fourth-order valence-corrected chi connectivity index (χ4v) is 2.45. The molecule has 1 rings (SSSR count). The van der Waals surface area contributed by atoms with Gasteiger partial charge in [-0.3, -0.25) is 0 Å². The zero-order valence-electron chi connectivity index (χ0n) is 11.3. The molecule has 3 heteroatoms. The van der Waals surface area contributed by atoms with E-state index in [0.717, 1.165) is 18.9 Å². The van der Waals surface area contributed by atoms with Gasteiger partial charge >= 0.3 is 0 Å². The standard InChI is InChI=1S/C13H28N2O/c1-5-13(16)11(2)15(4)10-12-6-8-14(3)9-7-12/h11-13,16H,5-10H2,1-4H3. The van der Waals surface area contributed by atoms with Gasteiger partial charge in [0.1, 0.15) is 0 Å². The molecule has 1 aliphatic rings. The number of hydrogen-bond donors (Lipinski definition) is 1. The zero-order valence-corrected chi connectivity index (χ0v) is 11.3. The van der Waals surface area contributed by atoms with Crippen molar-refractivity contribution in [3.05, 3.63) is 0 Å². The van der Waals surface area contributed by atoms with E-state index in [2.05, 4.69) is 30.8 Å². The van der Waals surface area contributed by atoms with Crippen LogP contribution in [-0.4, -0.2) is 60.8 Å². The summed E-state index contributed by atoms with van der Waals surface area (Å²) >= 11 is 0. The van der Waals surface area contributed by atoms with Crippen molar-refractivity contribution in [2.45, 2.75) is 45.3 Å². The Morgan fingerprint density at radius 2 is 1.94 bits per heavy atom. The van der Waals surface area contributed by atoms with E-state index < -0.39 is 0 Å². The number of rotatable bonds is 5. The van der Waals surface area contributed by atoms with E-state index in [-0.39, 0.29) is 12.1 Å². The molecule has 1 heterocycles. The van der Waals surface area contributed by atoms with Crippen LogP contribution in [0.5, 0.6) is 0 Å². The summed E-state index contributed by atoms with van der Waals surface area (Å²) in [7, 11) is 4.34. The van der Waals surface area contributed by atoms with Crippen LogP contribution in [0.15, 0.2) is 0 Å². The van der Waals surface area contributed by atoms with Crippen LogP contribution >= 0.6 is 0 Å². The van der Waals surface area contributed by atoms with Crippen molar-refractivity contribution < 1.29 is 5.11 Å². The molecule has 96 valence electrons. The molecule has 1 fully saturated rings. The Labute approximate surface area is 100 Å². The molecule has 0 bridgehead atoms. The van der Waals surface area contributed by atoms with E-state index >= 15 is 0 Å². The zero-order chi connectivity index (χ0) is 12.1. The van der Waals surface area contributed by atoms with Crippen molar-refractivity contribution >= 4 is 0 Å². The lowest BCUT2D eigenvalue weighted by molar-refractivity contribution is 0.0550. The number of likely N-dealkylation sites (tertiary alicyclic amines) is 1. The number of hydrogen-bond acceptors (Lipinski definition) is 3. The average Bonchev–Trinajstić information content (AvgIpc) is 2.30. The molecule has 0 saturated carbocycles. The first-order valence-corrected chi connectivity index (χ1v) is 6.61. The van der Waals surface area contributed by atoms with Crippen molar-refractivity contribution in [3.8, 4) is 0 Å². The molecule has 1 saturated heterocycles. The molecule has 0 aromatic heterocycles. The number of aliphatic hydroxyl groups excluding tert-OH is 1. The molecule has 1 N–H and O–H groups in total. The van der Waals surface area contributed by atoms with E-state index in [0.29, 0.717) is 0 Å². The first-order chi connectivity index (χ1) is 7.54. The molecule has 0 radical (unpaired) electrons. The average molecular weight is 228 g/mol. The third-order valence-electron chi connectivity index (χ3n) is 4.05. The van der Waals surface area contributed by atoms with Gasteiger partial charge in [0.2, 0.25) is 0 Å². The van der Waals surface area contributed by atoms with E-state index in [1.54, 1.807) is 0 Å². The Bertz CT molecular complexity index is 190. The summed E-state index contributed by atoms with van der Waals surface area (Å²) in [5, 5.41) is 9.82. The number of piperidine rings is 1. The molecule has 2 atom stereocenters. The highest BCUT2D eigenvalue weighted by atomic mass is 16.3. The van der Waals surface area contributed by atoms with Gasteiger partial charge in [-0.15, -0.1) is 0 Å². The van der Waals surface area contributed by atoms with Crippen molar-refractivity contribution in [3.63, 3.8) is 0 Å². The Kier molecular flexibility index (Phi) is 5.73. The molecule has 0 amide bonds. The van der Waals surface area contributed by atoms with E-state index in [9.17, 15) is 5.11 Å². The highest BCUT2D eigenvalue weighted by molar-refractivity contribution is 4.77. The molecule has 0 aromatic rings. The van der Waals surface area contributed by atoms with Crippen LogP contribution in [0.2, 0.25) is 0 Å². The van der Waals surface area contributed by atoms with Gasteiger partial charge in [0.25, 0.3) is 0 Å². The van der Waals surface area contributed by atoms with Gasteiger partial charge in [-0.25, -0.2) is 0 Å². The van der Waals surface area contributed by atoms with E-state index in [1.165, 1.54) is 25.9 Å². The van der Waals surface area contributed by atoms with Gasteiger partial charge < -0.3 is 14.9 Å². The minimum Gasteiger partial charge on any atom is -0.392 e. The van der Waals surface area contributed by atoms with Crippen LogP contribution in [0.3, 0.4) is 0 Å².